The van der Waals surface area contributed by atoms with Crippen LogP contribution in [0.15, 0.2) is 54.0 Å². The van der Waals surface area contributed by atoms with Crippen molar-refractivity contribution >= 4 is 17.2 Å². The number of nitrogens with zero attached hydrogens (tertiary/aromatic N) is 2. The summed E-state index contributed by atoms with van der Waals surface area (Å²) in [5.41, 5.74) is 9.10. The molecule has 5 rings (SSSR count). The Balaban J connectivity index is 1.63. The minimum atomic E-state index is -0.462. The van der Waals surface area contributed by atoms with Gasteiger partial charge in [0, 0.05) is 28.3 Å². The van der Waals surface area contributed by atoms with Gasteiger partial charge in [-0.1, -0.05) is 12.1 Å². The number of carbonyl (C=O) groups is 1. The molecule has 28 heavy (non-hydrogen) atoms. The van der Waals surface area contributed by atoms with Crippen molar-refractivity contribution in [2.24, 2.45) is 5.73 Å². The molecule has 2 aromatic carbocycles. The van der Waals surface area contributed by atoms with E-state index in [1.165, 1.54) is 11.3 Å². The summed E-state index contributed by atoms with van der Waals surface area (Å²) < 4.78 is 10.9. The third-order valence-corrected chi connectivity index (χ3v) is 5.23. The minimum absolute atomic E-state index is 0.218. The molecule has 0 atom stereocenters. The molecule has 0 fully saturated rings. The molecule has 0 saturated heterocycles. The number of thiazole rings is 1. The Kier molecular flexibility index (Phi) is 3.84. The Morgan fingerprint density at radius 3 is 2.61 bits per heavy atom. The minimum Gasteiger partial charge on any atom is -0.454 e. The van der Waals surface area contributed by atoms with Crippen LogP contribution >= 0.6 is 11.3 Å². The highest BCUT2D eigenvalue weighted by atomic mass is 32.1. The Morgan fingerprint density at radius 2 is 1.86 bits per heavy atom. The van der Waals surface area contributed by atoms with Gasteiger partial charge in [-0.2, -0.15) is 0 Å². The Hall–Kier alpha value is -3.65. The fraction of sp³-hybridized carbons (Fsp3) is 0.0500. The number of aromatic nitrogens is 3. The highest BCUT2D eigenvalue weighted by Gasteiger charge is 2.20. The molecule has 0 unspecified atom stereocenters. The fourth-order valence-corrected chi connectivity index (χ4v) is 3.69. The number of benzene rings is 2. The van der Waals surface area contributed by atoms with E-state index in [4.69, 9.17) is 20.2 Å². The van der Waals surface area contributed by atoms with Gasteiger partial charge in [-0.3, -0.25) is 4.79 Å². The number of H-pyrrole nitrogens is 1. The number of ether oxygens (including phenoxy) is 2. The second-order valence-electron chi connectivity index (χ2n) is 6.16. The first kappa shape index (κ1) is 16.5. The molecular formula is C20H14N4O3S. The molecule has 4 aromatic rings. The Labute approximate surface area is 163 Å². The summed E-state index contributed by atoms with van der Waals surface area (Å²) in [4.78, 5) is 23.9. The van der Waals surface area contributed by atoms with Gasteiger partial charge in [-0.25, -0.2) is 9.97 Å². The molecule has 8 heteroatoms. The molecule has 2 aromatic heterocycles. The molecule has 0 aliphatic carbocycles. The zero-order valence-electron chi connectivity index (χ0n) is 14.5. The molecule has 1 amide bonds. The van der Waals surface area contributed by atoms with Crippen molar-refractivity contribution in [3.63, 3.8) is 0 Å². The highest BCUT2D eigenvalue weighted by molar-refractivity contribution is 7.13. The van der Waals surface area contributed by atoms with E-state index in [9.17, 15) is 4.79 Å². The average molecular weight is 390 g/mol. The number of fused-ring (bicyclic) bond motifs is 1. The lowest BCUT2D eigenvalue weighted by molar-refractivity contribution is 0.100. The largest absolute Gasteiger partial charge is 0.454 e. The molecule has 0 saturated carbocycles. The van der Waals surface area contributed by atoms with E-state index in [-0.39, 0.29) is 6.79 Å². The van der Waals surface area contributed by atoms with Crippen molar-refractivity contribution in [1.82, 2.24) is 15.0 Å². The van der Waals surface area contributed by atoms with Crippen LogP contribution in [0.1, 0.15) is 10.4 Å². The van der Waals surface area contributed by atoms with Crippen molar-refractivity contribution in [2.45, 2.75) is 0 Å². The van der Waals surface area contributed by atoms with Crippen LogP contribution < -0.4 is 15.2 Å². The summed E-state index contributed by atoms with van der Waals surface area (Å²) in [6.07, 6.45) is 1.76. The van der Waals surface area contributed by atoms with E-state index in [2.05, 4.69) is 9.97 Å². The molecule has 0 spiro atoms. The predicted octanol–water partition coefficient (Wildman–Crippen LogP) is 3.69. The number of aromatic amines is 1. The lowest BCUT2D eigenvalue weighted by Crippen LogP contribution is -2.10. The predicted molar refractivity (Wildman–Crippen MR) is 105 cm³/mol. The van der Waals surface area contributed by atoms with Gasteiger partial charge in [0.15, 0.2) is 11.5 Å². The first-order valence-corrected chi connectivity index (χ1v) is 9.37. The summed E-state index contributed by atoms with van der Waals surface area (Å²) in [6, 6.07) is 12.7. The van der Waals surface area contributed by atoms with E-state index >= 15 is 0 Å². The van der Waals surface area contributed by atoms with Crippen molar-refractivity contribution < 1.29 is 14.3 Å². The van der Waals surface area contributed by atoms with Gasteiger partial charge in [0.05, 0.1) is 5.69 Å². The molecule has 0 radical (unpaired) electrons. The number of primary amides is 1. The quantitative estimate of drug-likeness (QED) is 0.553. The van der Waals surface area contributed by atoms with Crippen LogP contribution in [-0.4, -0.2) is 27.7 Å². The maximum atomic E-state index is 11.3. The number of amides is 1. The van der Waals surface area contributed by atoms with E-state index in [1.807, 2.05) is 35.7 Å². The lowest BCUT2D eigenvalue weighted by Gasteiger charge is -2.02. The van der Waals surface area contributed by atoms with Crippen LogP contribution in [0.2, 0.25) is 0 Å². The summed E-state index contributed by atoms with van der Waals surface area (Å²) in [7, 11) is 0. The van der Waals surface area contributed by atoms with Gasteiger partial charge in [-0.05, 0) is 30.3 Å². The third kappa shape index (κ3) is 2.80. The SMILES string of the molecule is NC(=O)c1ccc(-c2nc(-c3ccc4c(c3)OCO4)c(-c3nccs3)[nH]2)cc1. The summed E-state index contributed by atoms with van der Waals surface area (Å²) in [5.74, 6) is 1.62. The normalized spacial score (nSPS) is 12.3. The van der Waals surface area contributed by atoms with Gasteiger partial charge < -0.3 is 20.2 Å². The molecule has 3 heterocycles. The van der Waals surface area contributed by atoms with Crippen LogP contribution in [0.5, 0.6) is 11.5 Å². The average Bonchev–Trinajstić information content (AvgIpc) is 3.47. The summed E-state index contributed by atoms with van der Waals surface area (Å²) >= 11 is 1.53. The van der Waals surface area contributed by atoms with Crippen molar-refractivity contribution in [3.8, 4) is 44.8 Å². The summed E-state index contributed by atoms with van der Waals surface area (Å²) in [6.45, 7) is 0.218. The number of hydrogen-bond donors (Lipinski definition) is 2. The number of nitrogens with one attached hydrogen (secondary N) is 1. The highest BCUT2D eigenvalue weighted by Crippen LogP contribution is 2.39. The second kappa shape index (κ2) is 6.50. The Morgan fingerprint density at radius 1 is 1.07 bits per heavy atom. The third-order valence-electron chi connectivity index (χ3n) is 4.44. The smallest absolute Gasteiger partial charge is 0.248 e. The Bertz CT molecular complexity index is 1170. The number of imidazole rings is 1. The van der Waals surface area contributed by atoms with Gasteiger partial charge in [0.25, 0.3) is 0 Å². The van der Waals surface area contributed by atoms with Crippen LogP contribution in [0.25, 0.3) is 33.3 Å². The molecule has 0 bridgehead atoms. The topological polar surface area (TPSA) is 103 Å². The molecule has 138 valence electrons. The number of rotatable bonds is 4. The zero-order valence-corrected chi connectivity index (χ0v) is 15.3. The van der Waals surface area contributed by atoms with Crippen LogP contribution in [0.3, 0.4) is 0 Å². The maximum Gasteiger partial charge on any atom is 0.248 e. The van der Waals surface area contributed by atoms with E-state index < -0.39 is 5.91 Å². The summed E-state index contributed by atoms with van der Waals surface area (Å²) in [5, 5.41) is 2.75. The van der Waals surface area contributed by atoms with E-state index in [1.54, 1.807) is 18.3 Å². The zero-order chi connectivity index (χ0) is 19.1. The van der Waals surface area contributed by atoms with Gasteiger partial charge in [0.2, 0.25) is 12.7 Å². The molecule has 1 aliphatic rings. The lowest BCUT2D eigenvalue weighted by atomic mass is 10.1. The first-order chi connectivity index (χ1) is 13.7. The molecule has 3 N–H and O–H groups in total. The van der Waals surface area contributed by atoms with Crippen LogP contribution in [0, 0.1) is 0 Å². The monoisotopic (exact) mass is 390 g/mol. The van der Waals surface area contributed by atoms with Gasteiger partial charge in [-0.15, -0.1) is 11.3 Å². The van der Waals surface area contributed by atoms with E-state index in [0.717, 1.165) is 33.3 Å². The fourth-order valence-electron chi connectivity index (χ4n) is 3.06. The number of carbonyl (C=O) groups excluding carboxylic acids is 1. The van der Waals surface area contributed by atoms with E-state index in [0.29, 0.717) is 17.1 Å². The maximum absolute atomic E-state index is 11.3. The van der Waals surface area contributed by atoms with Crippen LogP contribution in [0.4, 0.5) is 0 Å². The molecule has 7 nitrogen and oxygen atoms in total. The number of nitrogens with two attached hydrogens (primary N) is 1. The first-order valence-electron chi connectivity index (χ1n) is 8.49. The second-order valence-corrected chi connectivity index (χ2v) is 7.05. The van der Waals surface area contributed by atoms with Crippen LogP contribution in [-0.2, 0) is 0 Å². The molecule has 1 aliphatic heterocycles. The standard InChI is InChI=1S/C20H14N4O3S/c21-18(25)11-1-3-12(4-2-11)19-23-16(17(24-19)20-22-7-8-28-20)13-5-6-14-15(9-13)27-10-26-14/h1-9H,10H2,(H2,21,25)(H,23,24). The number of hydrogen-bond acceptors (Lipinski definition) is 6. The van der Waals surface area contributed by atoms with Crippen molar-refractivity contribution in [1.29, 1.82) is 0 Å². The van der Waals surface area contributed by atoms with Crippen molar-refractivity contribution in [3.05, 3.63) is 59.6 Å². The van der Waals surface area contributed by atoms with Gasteiger partial charge >= 0.3 is 0 Å². The van der Waals surface area contributed by atoms with Crippen molar-refractivity contribution in [2.75, 3.05) is 6.79 Å². The van der Waals surface area contributed by atoms with Gasteiger partial charge in [0.1, 0.15) is 16.5 Å². The molecular weight excluding hydrogens is 376 g/mol.